The first-order valence-corrected chi connectivity index (χ1v) is 18.7. The second-order valence-electron chi connectivity index (χ2n) is 11.7. The molecule has 0 heterocycles. The van der Waals surface area contributed by atoms with Crippen molar-refractivity contribution in [3.8, 4) is 0 Å². The average molecular weight is 664 g/mol. The van der Waals surface area contributed by atoms with Crippen molar-refractivity contribution in [2.24, 2.45) is 5.73 Å². The number of carboxylic acids is 1. The maximum Gasteiger partial charge on any atom is 0.472 e. The number of allylic oxidation sites excluding steroid dienone is 2. The quantitative estimate of drug-likeness (QED) is 0.0278. The molecule has 0 radical (unpaired) electrons. The highest BCUT2D eigenvalue weighted by molar-refractivity contribution is 7.47. The van der Waals surface area contributed by atoms with Crippen molar-refractivity contribution in [1.82, 2.24) is 0 Å². The van der Waals surface area contributed by atoms with E-state index in [2.05, 4.69) is 30.5 Å². The van der Waals surface area contributed by atoms with Crippen LogP contribution in [0, 0.1) is 0 Å². The van der Waals surface area contributed by atoms with Crippen LogP contribution in [0.5, 0.6) is 0 Å². The molecule has 45 heavy (non-hydrogen) atoms. The molecule has 0 fully saturated rings. The molecule has 0 aromatic heterocycles. The number of carboxylic acid groups (broad SMARTS) is 1. The molecule has 11 nitrogen and oxygen atoms in total. The molecule has 0 saturated heterocycles. The van der Waals surface area contributed by atoms with Gasteiger partial charge in [-0.25, -0.2) is 4.57 Å². The van der Waals surface area contributed by atoms with Crippen molar-refractivity contribution >= 4 is 25.7 Å². The summed E-state index contributed by atoms with van der Waals surface area (Å²) in [5.74, 6) is -2.39. The van der Waals surface area contributed by atoms with Crippen molar-refractivity contribution in [3.05, 3.63) is 12.2 Å². The van der Waals surface area contributed by atoms with E-state index in [9.17, 15) is 23.8 Å². The van der Waals surface area contributed by atoms with Crippen molar-refractivity contribution in [2.75, 3.05) is 19.8 Å². The van der Waals surface area contributed by atoms with Gasteiger partial charge in [0.25, 0.3) is 0 Å². The minimum atomic E-state index is -4.70. The van der Waals surface area contributed by atoms with Gasteiger partial charge in [0.1, 0.15) is 12.6 Å². The molecular weight excluding hydrogens is 601 g/mol. The number of phosphoric ester groups is 1. The number of unbranched alkanes of at least 4 members (excludes halogenated alkanes) is 16. The van der Waals surface area contributed by atoms with Gasteiger partial charge >= 0.3 is 25.7 Å². The molecule has 0 saturated carbocycles. The Morgan fingerprint density at radius 1 is 0.667 bits per heavy atom. The fourth-order valence-corrected chi connectivity index (χ4v) is 5.23. The van der Waals surface area contributed by atoms with Gasteiger partial charge in [-0.1, -0.05) is 116 Å². The molecule has 0 aromatic rings. The van der Waals surface area contributed by atoms with Gasteiger partial charge in [0.05, 0.1) is 13.2 Å². The first-order valence-electron chi connectivity index (χ1n) is 17.2. The highest BCUT2D eigenvalue weighted by atomic mass is 31.2. The van der Waals surface area contributed by atoms with E-state index in [1.165, 1.54) is 51.4 Å². The summed E-state index contributed by atoms with van der Waals surface area (Å²) in [5.41, 5.74) is 5.29. The monoisotopic (exact) mass is 663 g/mol. The second-order valence-corrected chi connectivity index (χ2v) is 13.1. The summed E-state index contributed by atoms with van der Waals surface area (Å²) >= 11 is 0. The molecule has 0 aliphatic rings. The molecule has 0 bridgehead atoms. The first-order chi connectivity index (χ1) is 21.6. The Morgan fingerprint density at radius 2 is 1.13 bits per heavy atom. The van der Waals surface area contributed by atoms with Gasteiger partial charge in [0.15, 0.2) is 6.10 Å². The van der Waals surface area contributed by atoms with Crippen LogP contribution in [0.15, 0.2) is 12.2 Å². The van der Waals surface area contributed by atoms with Gasteiger partial charge in [-0.05, 0) is 32.1 Å². The molecule has 0 spiro atoms. The third-order valence-corrected chi connectivity index (χ3v) is 8.21. The molecule has 0 amide bonds. The largest absolute Gasteiger partial charge is 0.480 e. The Balaban J connectivity index is 4.51. The van der Waals surface area contributed by atoms with E-state index in [1.807, 2.05) is 0 Å². The Kier molecular flexibility index (Phi) is 28.4. The third kappa shape index (κ3) is 29.4. The molecule has 0 aliphatic heterocycles. The number of phosphoric acid groups is 1. The lowest BCUT2D eigenvalue weighted by Crippen LogP contribution is -2.34. The number of rotatable bonds is 32. The second kappa shape index (κ2) is 29.6. The predicted octanol–water partition coefficient (Wildman–Crippen LogP) is 7.78. The summed E-state index contributed by atoms with van der Waals surface area (Å²) in [6, 6.07) is -1.52. The summed E-state index contributed by atoms with van der Waals surface area (Å²) in [5, 5.41) is 8.82. The van der Waals surface area contributed by atoms with E-state index in [4.69, 9.17) is 24.8 Å². The fourth-order valence-electron chi connectivity index (χ4n) is 4.46. The summed E-state index contributed by atoms with van der Waals surface area (Å²) in [4.78, 5) is 45.5. The van der Waals surface area contributed by atoms with Gasteiger partial charge in [0.2, 0.25) is 0 Å². The highest BCUT2D eigenvalue weighted by Crippen LogP contribution is 2.43. The van der Waals surface area contributed by atoms with Crippen molar-refractivity contribution < 1.29 is 47.5 Å². The van der Waals surface area contributed by atoms with Crippen molar-refractivity contribution in [2.45, 2.75) is 161 Å². The molecule has 0 rings (SSSR count). The number of hydrogen-bond donors (Lipinski definition) is 3. The lowest BCUT2D eigenvalue weighted by Gasteiger charge is -2.20. The minimum Gasteiger partial charge on any atom is -0.480 e. The smallest absolute Gasteiger partial charge is 0.472 e. The topological polar surface area (TPSA) is 172 Å². The molecular formula is C33H62NO10P. The first kappa shape index (κ1) is 43.2. The number of carbonyl (C=O) groups excluding carboxylic acids is 2. The zero-order chi connectivity index (χ0) is 33.6. The lowest BCUT2D eigenvalue weighted by atomic mass is 10.1. The standard InChI is InChI=1S/C33H62NO10P/c1-3-5-7-9-11-13-15-17-18-20-22-24-31(35)41-26-29(27-42-45(39,40)43-28-30(34)33(37)38)44-32(36)25-23-21-19-16-14-12-10-8-6-4-2/h9,11,29-30H,3-8,10,12-28,34H2,1-2H3,(H,37,38)(H,39,40)/b11-9-/t29-,30+/m1/s1. The number of hydrogen-bond acceptors (Lipinski definition) is 9. The van der Waals surface area contributed by atoms with E-state index in [0.29, 0.717) is 12.8 Å². The van der Waals surface area contributed by atoms with Crippen LogP contribution in [0.25, 0.3) is 0 Å². The normalized spacial score (nSPS) is 14.2. The van der Waals surface area contributed by atoms with Crippen LogP contribution in [0.2, 0.25) is 0 Å². The fraction of sp³-hybridized carbons (Fsp3) is 0.848. The molecule has 0 aliphatic carbocycles. The van der Waals surface area contributed by atoms with Gasteiger partial charge < -0.3 is 25.2 Å². The van der Waals surface area contributed by atoms with E-state index >= 15 is 0 Å². The molecule has 1 unspecified atom stereocenters. The van der Waals surface area contributed by atoms with Crippen LogP contribution >= 0.6 is 7.82 Å². The summed E-state index contributed by atoms with van der Waals surface area (Å²) in [7, 11) is -4.70. The molecule has 264 valence electrons. The van der Waals surface area contributed by atoms with Crippen LogP contribution in [0.4, 0.5) is 0 Å². The Bertz CT molecular complexity index is 838. The van der Waals surface area contributed by atoms with Crippen LogP contribution in [0.3, 0.4) is 0 Å². The Hall–Kier alpha value is -1.78. The van der Waals surface area contributed by atoms with Gasteiger partial charge in [0, 0.05) is 12.8 Å². The van der Waals surface area contributed by atoms with Crippen LogP contribution < -0.4 is 5.73 Å². The average Bonchev–Trinajstić information content (AvgIpc) is 3.00. The SMILES string of the molecule is CCCC/C=C\CCCCCCCC(=O)OC[C@H](COP(=O)(O)OC[C@H](N)C(=O)O)OC(=O)CCCCCCCCCCCC. The summed E-state index contributed by atoms with van der Waals surface area (Å²) in [6.45, 7) is 2.70. The highest BCUT2D eigenvalue weighted by Gasteiger charge is 2.28. The Labute approximate surface area is 271 Å². The van der Waals surface area contributed by atoms with Crippen molar-refractivity contribution in [1.29, 1.82) is 0 Å². The molecule has 0 aromatic carbocycles. The van der Waals surface area contributed by atoms with E-state index in [1.54, 1.807) is 0 Å². The molecule has 3 atom stereocenters. The summed E-state index contributed by atoms with van der Waals surface area (Å²) < 4.78 is 32.4. The number of nitrogens with two attached hydrogens (primary N) is 1. The predicted molar refractivity (Wildman–Crippen MR) is 176 cm³/mol. The van der Waals surface area contributed by atoms with Crippen LogP contribution in [-0.2, 0) is 37.5 Å². The molecule has 4 N–H and O–H groups in total. The minimum absolute atomic E-state index is 0.163. The van der Waals surface area contributed by atoms with E-state index < -0.39 is 51.1 Å². The van der Waals surface area contributed by atoms with Crippen LogP contribution in [0.1, 0.15) is 149 Å². The van der Waals surface area contributed by atoms with E-state index in [0.717, 1.165) is 57.8 Å². The zero-order valence-corrected chi connectivity index (χ0v) is 28.9. The zero-order valence-electron chi connectivity index (χ0n) is 28.0. The maximum absolute atomic E-state index is 12.5. The van der Waals surface area contributed by atoms with Crippen molar-refractivity contribution in [3.63, 3.8) is 0 Å². The lowest BCUT2D eigenvalue weighted by molar-refractivity contribution is -0.161. The van der Waals surface area contributed by atoms with E-state index in [-0.39, 0.29) is 19.4 Å². The van der Waals surface area contributed by atoms with Crippen LogP contribution in [-0.4, -0.2) is 59.9 Å². The van der Waals surface area contributed by atoms with Gasteiger partial charge in [-0.2, -0.15) is 0 Å². The molecule has 12 heteroatoms. The third-order valence-electron chi connectivity index (χ3n) is 7.26. The maximum atomic E-state index is 12.5. The Morgan fingerprint density at radius 3 is 1.69 bits per heavy atom. The number of aliphatic carboxylic acids is 1. The summed E-state index contributed by atoms with van der Waals surface area (Å²) in [6.07, 6.45) is 24.4. The number of esters is 2. The van der Waals surface area contributed by atoms with Gasteiger partial charge in [-0.15, -0.1) is 0 Å². The number of carbonyl (C=O) groups is 3. The number of ether oxygens (including phenoxy) is 2. The van der Waals surface area contributed by atoms with Gasteiger partial charge in [-0.3, -0.25) is 23.4 Å².